The molecule has 2 atom stereocenters. The molecule has 0 radical (unpaired) electrons. The monoisotopic (exact) mass is 351 g/mol. The van der Waals surface area contributed by atoms with Gasteiger partial charge in [0.05, 0.1) is 10.9 Å². The summed E-state index contributed by atoms with van der Waals surface area (Å²) in [5.41, 5.74) is 2.07. The van der Waals surface area contributed by atoms with E-state index < -0.39 is 22.5 Å². The Labute approximate surface area is 141 Å². The zero-order chi connectivity index (χ0) is 16.4. The predicted octanol–water partition coefficient (Wildman–Crippen LogP) is 3.85. The second-order valence-electron chi connectivity index (χ2n) is 5.39. The van der Waals surface area contributed by atoms with Gasteiger partial charge in [0.2, 0.25) is 5.91 Å². The summed E-state index contributed by atoms with van der Waals surface area (Å²) < 4.78 is 26.0. The molecule has 0 heterocycles. The van der Waals surface area contributed by atoms with Crippen molar-refractivity contribution in [3.8, 4) is 0 Å². The van der Waals surface area contributed by atoms with Crippen LogP contribution in [0.5, 0.6) is 0 Å². The van der Waals surface area contributed by atoms with Gasteiger partial charge in [0.15, 0.2) is 0 Å². The van der Waals surface area contributed by atoms with Gasteiger partial charge in [-0.1, -0.05) is 35.9 Å². The third kappa shape index (κ3) is 3.46. The molecule has 0 saturated carbocycles. The van der Waals surface area contributed by atoms with E-state index in [1.807, 2.05) is 18.2 Å². The van der Waals surface area contributed by atoms with E-state index in [0.29, 0.717) is 11.4 Å². The lowest BCUT2D eigenvalue weighted by Crippen LogP contribution is -2.22. The first-order valence-corrected chi connectivity index (χ1v) is 9.01. The molecule has 6 heteroatoms. The van der Waals surface area contributed by atoms with Gasteiger partial charge in [-0.05, 0) is 42.2 Å². The maximum absolute atomic E-state index is 13.5. The third-order valence-electron chi connectivity index (χ3n) is 3.90. The number of carbonyl (C=O) groups is 1. The molecule has 2 aromatic rings. The molecule has 1 aliphatic rings. The van der Waals surface area contributed by atoms with E-state index in [2.05, 4.69) is 5.32 Å². The largest absolute Gasteiger partial charge is 0.323 e. The smallest absolute Gasteiger partial charge is 0.237 e. The summed E-state index contributed by atoms with van der Waals surface area (Å²) in [5.74, 6) is -1.13. The van der Waals surface area contributed by atoms with Crippen LogP contribution in [0.25, 0.3) is 0 Å². The lowest BCUT2D eigenvalue weighted by molar-refractivity contribution is -0.113. The van der Waals surface area contributed by atoms with Gasteiger partial charge in [0.1, 0.15) is 11.6 Å². The van der Waals surface area contributed by atoms with Gasteiger partial charge in [-0.2, -0.15) is 0 Å². The fourth-order valence-corrected chi connectivity index (χ4v) is 4.52. The number of para-hydroxylation sites is 1. The van der Waals surface area contributed by atoms with Gasteiger partial charge in [-0.25, -0.2) is 4.39 Å². The van der Waals surface area contributed by atoms with Crippen molar-refractivity contribution in [1.29, 1.82) is 0 Å². The van der Waals surface area contributed by atoms with Crippen LogP contribution in [0, 0.1) is 5.82 Å². The fourth-order valence-electron chi connectivity index (χ4n) is 2.82. The Hall–Kier alpha value is -1.72. The Morgan fingerprint density at radius 1 is 1.26 bits per heavy atom. The molecule has 1 amide bonds. The zero-order valence-electron chi connectivity index (χ0n) is 12.2. The summed E-state index contributed by atoms with van der Waals surface area (Å²) in [5, 5.41) is 2.95. The van der Waals surface area contributed by atoms with Crippen LogP contribution in [0.1, 0.15) is 22.8 Å². The Bertz CT molecular complexity index is 781. The fraction of sp³-hybridized carbons (Fsp3) is 0.235. The summed E-state index contributed by atoms with van der Waals surface area (Å²) in [6.45, 7) is 0. The van der Waals surface area contributed by atoms with Crippen LogP contribution in [0.2, 0.25) is 5.02 Å². The normalized spacial score (nSPS) is 17.6. The second-order valence-corrected chi connectivity index (χ2v) is 7.41. The molecule has 0 aliphatic heterocycles. The third-order valence-corrected chi connectivity index (χ3v) is 5.92. The van der Waals surface area contributed by atoms with Crippen molar-refractivity contribution in [2.24, 2.45) is 0 Å². The number of carbonyl (C=O) groups excluding carboxylic acids is 1. The molecule has 0 saturated heterocycles. The van der Waals surface area contributed by atoms with Crippen molar-refractivity contribution >= 4 is 34.0 Å². The number of rotatable bonds is 4. The lowest BCUT2D eigenvalue weighted by atomic mass is 10.1. The summed E-state index contributed by atoms with van der Waals surface area (Å²) in [7, 11) is -1.37. The highest BCUT2D eigenvalue weighted by molar-refractivity contribution is 7.86. The Morgan fingerprint density at radius 2 is 2.04 bits per heavy atom. The topological polar surface area (TPSA) is 46.2 Å². The molecule has 0 aromatic heterocycles. The zero-order valence-corrected chi connectivity index (χ0v) is 13.8. The highest BCUT2D eigenvalue weighted by Crippen LogP contribution is 2.39. The van der Waals surface area contributed by atoms with Crippen molar-refractivity contribution in [2.45, 2.75) is 18.1 Å². The molecule has 0 bridgehead atoms. The maximum Gasteiger partial charge on any atom is 0.237 e. The van der Waals surface area contributed by atoms with E-state index in [9.17, 15) is 13.4 Å². The van der Waals surface area contributed by atoms with Crippen molar-refractivity contribution in [3.05, 3.63) is 64.4 Å². The highest BCUT2D eigenvalue weighted by atomic mass is 35.5. The molecule has 1 aliphatic carbocycles. The number of amides is 1. The van der Waals surface area contributed by atoms with Crippen LogP contribution < -0.4 is 5.32 Å². The first-order valence-electron chi connectivity index (χ1n) is 7.25. The van der Waals surface area contributed by atoms with Gasteiger partial charge in [-0.15, -0.1) is 0 Å². The van der Waals surface area contributed by atoms with E-state index in [4.69, 9.17) is 11.6 Å². The van der Waals surface area contributed by atoms with Crippen LogP contribution in [-0.2, 0) is 22.0 Å². The summed E-state index contributed by atoms with van der Waals surface area (Å²) >= 11 is 6.15. The van der Waals surface area contributed by atoms with Gasteiger partial charge in [-0.3, -0.25) is 9.00 Å². The molecule has 3 rings (SSSR count). The molecule has 2 unspecified atom stereocenters. The maximum atomic E-state index is 13.5. The average Bonchev–Trinajstić information content (AvgIpc) is 2.95. The van der Waals surface area contributed by atoms with Crippen LogP contribution in [0.4, 0.5) is 10.1 Å². The summed E-state index contributed by atoms with van der Waals surface area (Å²) in [6, 6.07) is 11.5. The quantitative estimate of drug-likeness (QED) is 0.909. The van der Waals surface area contributed by atoms with Gasteiger partial charge in [0.25, 0.3) is 0 Å². The molecular formula is C17H15ClFNO2S. The lowest BCUT2D eigenvalue weighted by Gasteiger charge is -2.12. The molecule has 120 valence electrons. The summed E-state index contributed by atoms with van der Waals surface area (Å²) in [6.07, 6.45) is 1.47. The summed E-state index contributed by atoms with van der Waals surface area (Å²) in [4.78, 5) is 12.0. The number of hydrogen-bond acceptors (Lipinski definition) is 2. The van der Waals surface area contributed by atoms with E-state index in [-0.39, 0.29) is 16.7 Å². The number of hydrogen-bond donors (Lipinski definition) is 1. The van der Waals surface area contributed by atoms with Crippen molar-refractivity contribution in [1.82, 2.24) is 0 Å². The standard InChI is InChI=1S/C17H15ClFNO2S/c18-13-5-3-4-12-11(13)8-9-16(12)23(22)10-17(21)20-15-7-2-1-6-14(15)19/h1-7,16H,8-10H2,(H,20,21). The SMILES string of the molecule is O=C(CS(=O)C1CCc2c(Cl)cccc21)Nc1ccccc1F. The number of nitrogens with one attached hydrogen (secondary N) is 1. The van der Waals surface area contributed by atoms with Crippen molar-refractivity contribution in [2.75, 3.05) is 11.1 Å². The van der Waals surface area contributed by atoms with Crippen molar-refractivity contribution < 1.29 is 13.4 Å². The Kier molecular flexibility index (Phi) is 4.78. The number of benzene rings is 2. The first-order chi connectivity index (χ1) is 11.1. The molecular weight excluding hydrogens is 337 g/mol. The van der Waals surface area contributed by atoms with E-state index in [1.165, 1.54) is 12.1 Å². The second kappa shape index (κ2) is 6.81. The van der Waals surface area contributed by atoms with E-state index >= 15 is 0 Å². The van der Waals surface area contributed by atoms with Crippen molar-refractivity contribution in [3.63, 3.8) is 0 Å². The van der Waals surface area contributed by atoms with Gasteiger partial charge in [0, 0.05) is 15.8 Å². The van der Waals surface area contributed by atoms with E-state index in [1.54, 1.807) is 12.1 Å². The number of anilines is 1. The number of fused-ring (bicyclic) bond motifs is 1. The Morgan fingerprint density at radius 3 is 2.83 bits per heavy atom. The predicted molar refractivity (Wildman–Crippen MR) is 90.6 cm³/mol. The molecule has 2 aromatic carbocycles. The van der Waals surface area contributed by atoms with E-state index in [0.717, 1.165) is 17.5 Å². The van der Waals surface area contributed by atoms with Crippen LogP contribution in [0.3, 0.4) is 0 Å². The van der Waals surface area contributed by atoms with Crippen LogP contribution in [-0.4, -0.2) is 15.9 Å². The van der Waals surface area contributed by atoms with Gasteiger partial charge >= 0.3 is 0 Å². The molecule has 1 N–H and O–H groups in total. The minimum absolute atomic E-state index is 0.101. The first kappa shape index (κ1) is 16.1. The van der Waals surface area contributed by atoms with Crippen LogP contribution >= 0.6 is 11.6 Å². The van der Waals surface area contributed by atoms with Gasteiger partial charge < -0.3 is 5.32 Å². The minimum atomic E-state index is -1.37. The van der Waals surface area contributed by atoms with Crippen LogP contribution in [0.15, 0.2) is 42.5 Å². The molecule has 23 heavy (non-hydrogen) atoms. The molecule has 0 fully saturated rings. The average molecular weight is 352 g/mol. The molecule has 3 nitrogen and oxygen atoms in total. The Balaban J connectivity index is 1.68. The molecule has 0 spiro atoms. The highest BCUT2D eigenvalue weighted by Gasteiger charge is 2.29. The number of halogens is 2. The minimum Gasteiger partial charge on any atom is -0.323 e.